The zero-order chi connectivity index (χ0) is 20.6. The normalized spacial score (nSPS) is 16.6. The fourth-order valence-corrected chi connectivity index (χ4v) is 3.68. The van der Waals surface area contributed by atoms with E-state index < -0.39 is 0 Å². The van der Waals surface area contributed by atoms with E-state index in [9.17, 15) is 0 Å². The van der Waals surface area contributed by atoms with Gasteiger partial charge < -0.3 is 10.1 Å². The van der Waals surface area contributed by atoms with Crippen molar-refractivity contribution in [3.8, 4) is 5.75 Å². The molecule has 2 unspecified atom stereocenters. The van der Waals surface area contributed by atoms with E-state index in [1.54, 1.807) is 7.11 Å². The van der Waals surface area contributed by atoms with Gasteiger partial charge in [0, 0.05) is 24.7 Å². The maximum absolute atomic E-state index is 5.97. The number of hydroxylamine groups is 1. The van der Waals surface area contributed by atoms with Gasteiger partial charge in [0.2, 0.25) is 0 Å². The first kappa shape index (κ1) is 20.2. The van der Waals surface area contributed by atoms with Gasteiger partial charge in [-0.1, -0.05) is 72.8 Å². The summed E-state index contributed by atoms with van der Waals surface area (Å²) in [6.07, 6.45) is 3.90. The van der Waals surface area contributed by atoms with E-state index in [0.717, 1.165) is 30.8 Å². The standard InChI is InChI=1S/C26H28N2O2/c1-29-24-14-12-22(13-15-24)19-27-25(17-21-10-6-3-7-11-21)26-18-23(28-30-26)16-20-8-4-2-5-9-20/h2-15,18,25-28H,16-17,19H2,1H3. The van der Waals surface area contributed by atoms with Gasteiger partial charge >= 0.3 is 0 Å². The molecule has 30 heavy (non-hydrogen) atoms. The minimum atomic E-state index is -0.0397. The van der Waals surface area contributed by atoms with Crippen molar-refractivity contribution in [2.75, 3.05) is 7.11 Å². The molecule has 0 saturated heterocycles. The van der Waals surface area contributed by atoms with Crippen LogP contribution in [0.4, 0.5) is 0 Å². The lowest BCUT2D eigenvalue weighted by molar-refractivity contribution is 0.0200. The molecule has 1 heterocycles. The number of rotatable bonds is 9. The summed E-state index contributed by atoms with van der Waals surface area (Å²) in [5, 5.41) is 3.70. The maximum atomic E-state index is 5.97. The zero-order valence-electron chi connectivity index (χ0n) is 17.3. The molecule has 4 heteroatoms. The SMILES string of the molecule is COc1ccc(CNC(Cc2ccccc2)C2C=C(Cc3ccccc3)NO2)cc1. The molecule has 2 atom stereocenters. The van der Waals surface area contributed by atoms with Gasteiger partial charge in [0.15, 0.2) is 0 Å². The number of methoxy groups -OCH3 is 1. The van der Waals surface area contributed by atoms with E-state index in [2.05, 4.69) is 83.6 Å². The topological polar surface area (TPSA) is 42.5 Å². The summed E-state index contributed by atoms with van der Waals surface area (Å²) in [4.78, 5) is 5.97. The fourth-order valence-electron chi connectivity index (χ4n) is 3.68. The van der Waals surface area contributed by atoms with E-state index in [0.29, 0.717) is 0 Å². The molecule has 4 nitrogen and oxygen atoms in total. The van der Waals surface area contributed by atoms with Crippen LogP contribution in [-0.4, -0.2) is 19.3 Å². The summed E-state index contributed by atoms with van der Waals surface area (Å²) in [7, 11) is 1.69. The Hall–Kier alpha value is -3.08. The Morgan fingerprint density at radius 3 is 2.20 bits per heavy atom. The lowest BCUT2D eigenvalue weighted by atomic mass is 9.99. The molecule has 0 spiro atoms. The Balaban J connectivity index is 1.45. The summed E-state index contributed by atoms with van der Waals surface area (Å²) in [6, 6.07) is 29.3. The predicted octanol–water partition coefficient (Wildman–Crippen LogP) is 4.43. The highest BCUT2D eigenvalue weighted by atomic mass is 16.7. The molecule has 0 saturated carbocycles. The van der Waals surface area contributed by atoms with Crippen LogP contribution in [0.1, 0.15) is 16.7 Å². The molecule has 0 bridgehead atoms. The number of nitrogens with one attached hydrogen (secondary N) is 2. The molecular formula is C26H28N2O2. The summed E-state index contributed by atoms with van der Waals surface area (Å²) < 4.78 is 5.26. The molecule has 0 aliphatic carbocycles. The van der Waals surface area contributed by atoms with Gasteiger partial charge in [0.25, 0.3) is 0 Å². The van der Waals surface area contributed by atoms with Crippen molar-refractivity contribution in [1.29, 1.82) is 0 Å². The molecule has 0 aromatic heterocycles. The quantitative estimate of drug-likeness (QED) is 0.558. The van der Waals surface area contributed by atoms with Crippen LogP contribution in [0.3, 0.4) is 0 Å². The van der Waals surface area contributed by atoms with Gasteiger partial charge in [-0.15, -0.1) is 0 Å². The summed E-state index contributed by atoms with van der Waals surface area (Å²) in [5.74, 6) is 0.872. The Kier molecular flexibility index (Phi) is 6.80. The van der Waals surface area contributed by atoms with Crippen LogP contribution in [0, 0.1) is 0 Å². The minimum Gasteiger partial charge on any atom is -0.497 e. The smallest absolute Gasteiger partial charge is 0.121 e. The van der Waals surface area contributed by atoms with Crippen LogP contribution in [-0.2, 0) is 24.2 Å². The monoisotopic (exact) mass is 400 g/mol. The number of allylic oxidation sites excluding steroid dienone is 1. The second-order valence-electron chi connectivity index (χ2n) is 7.56. The molecular weight excluding hydrogens is 372 g/mol. The first-order chi connectivity index (χ1) is 14.8. The van der Waals surface area contributed by atoms with Gasteiger partial charge in [-0.05, 0) is 41.3 Å². The summed E-state index contributed by atoms with van der Waals surface area (Å²) in [5.41, 5.74) is 8.02. The minimum absolute atomic E-state index is 0.0397. The Labute approximate surface area is 178 Å². The molecule has 3 aromatic carbocycles. The number of ether oxygens (including phenoxy) is 1. The van der Waals surface area contributed by atoms with Crippen molar-refractivity contribution in [2.45, 2.75) is 31.5 Å². The number of hydrogen-bond acceptors (Lipinski definition) is 4. The van der Waals surface area contributed by atoms with Crippen molar-refractivity contribution in [1.82, 2.24) is 10.8 Å². The third kappa shape index (κ3) is 5.50. The molecule has 0 fully saturated rings. The molecule has 4 rings (SSSR count). The van der Waals surface area contributed by atoms with Gasteiger partial charge in [0.05, 0.1) is 7.11 Å². The van der Waals surface area contributed by atoms with Crippen LogP contribution in [0.15, 0.2) is 96.7 Å². The van der Waals surface area contributed by atoms with Crippen molar-refractivity contribution >= 4 is 0 Å². The van der Waals surface area contributed by atoms with Gasteiger partial charge in [-0.2, -0.15) is 0 Å². The summed E-state index contributed by atoms with van der Waals surface area (Å²) in [6.45, 7) is 0.767. The first-order valence-corrected chi connectivity index (χ1v) is 10.4. The van der Waals surface area contributed by atoms with Crippen LogP contribution in [0.25, 0.3) is 0 Å². The molecule has 2 N–H and O–H groups in total. The third-order valence-electron chi connectivity index (χ3n) is 5.35. The van der Waals surface area contributed by atoms with Crippen molar-refractivity contribution < 1.29 is 9.57 Å². The van der Waals surface area contributed by atoms with E-state index >= 15 is 0 Å². The van der Waals surface area contributed by atoms with Gasteiger partial charge in [-0.25, -0.2) is 0 Å². The highest BCUT2D eigenvalue weighted by Gasteiger charge is 2.26. The highest BCUT2D eigenvalue weighted by molar-refractivity contribution is 5.28. The summed E-state index contributed by atoms with van der Waals surface area (Å²) >= 11 is 0. The van der Waals surface area contributed by atoms with E-state index in [1.807, 2.05) is 18.2 Å². The Morgan fingerprint density at radius 1 is 0.867 bits per heavy atom. The van der Waals surface area contributed by atoms with E-state index in [4.69, 9.17) is 9.57 Å². The molecule has 1 aliphatic heterocycles. The van der Waals surface area contributed by atoms with Crippen LogP contribution in [0.2, 0.25) is 0 Å². The number of benzene rings is 3. The highest BCUT2D eigenvalue weighted by Crippen LogP contribution is 2.19. The predicted molar refractivity (Wildman–Crippen MR) is 120 cm³/mol. The molecule has 3 aromatic rings. The number of hydrogen-bond donors (Lipinski definition) is 2. The van der Waals surface area contributed by atoms with Crippen LogP contribution in [0.5, 0.6) is 5.75 Å². The molecule has 0 radical (unpaired) electrons. The van der Waals surface area contributed by atoms with E-state index in [1.165, 1.54) is 16.7 Å². The lowest BCUT2D eigenvalue weighted by Gasteiger charge is -2.23. The average molecular weight is 401 g/mol. The molecule has 0 amide bonds. The van der Waals surface area contributed by atoms with Crippen LogP contribution >= 0.6 is 0 Å². The van der Waals surface area contributed by atoms with Crippen molar-refractivity contribution in [3.63, 3.8) is 0 Å². The van der Waals surface area contributed by atoms with Crippen molar-refractivity contribution in [3.05, 3.63) is 113 Å². The second kappa shape index (κ2) is 10.1. The van der Waals surface area contributed by atoms with Crippen molar-refractivity contribution in [2.24, 2.45) is 0 Å². The Bertz CT molecular complexity index is 940. The Morgan fingerprint density at radius 2 is 1.53 bits per heavy atom. The average Bonchev–Trinajstić information content (AvgIpc) is 3.26. The lowest BCUT2D eigenvalue weighted by Crippen LogP contribution is -2.41. The van der Waals surface area contributed by atoms with Crippen LogP contribution < -0.4 is 15.5 Å². The fraction of sp³-hybridized carbons (Fsp3) is 0.231. The third-order valence-corrected chi connectivity index (χ3v) is 5.35. The van der Waals surface area contributed by atoms with Gasteiger partial charge in [-0.3, -0.25) is 10.3 Å². The zero-order valence-corrected chi connectivity index (χ0v) is 17.3. The molecule has 1 aliphatic rings. The van der Waals surface area contributed by atoms with E-state index in [-0.39, 0.29) is 12.1 Å². The van der Waals surface area contributed by atoms with Gasteiger partial charge in [0.1, 0.15) is 11.9 Å². The largest absolute Gasteiger partial charge is 0.497 e. The first-order valence-electron chi connectivity index (χ1n) is 10.4. The molecule has 154 valence electrons. The second-order valence-corrected chi connectivity index (χ2v) is 7.56. The maximum Gasteiger partial charge on any atom is 0.121 e.